The maximum absolute atomic E-state index is 14.6. The SMILES string of the molecule is CN(C)c1ccc2c(-c3ccccc3C(=O)O)c3cc(-c4ccc(OCCOc5cc(F)cc(N(CC(=O)O)CC(=O)O)c5)c(N(CC(=O)O)CC(=O)O)c4)c(=[N+](C)C)cc-3oc2c1. The number of benzene rings is 5. The summed E-state index contributed by atoms with van der Waals surface area (Å²) in [4.78, 5) is 63.6. The fourth-order valence-corrected chi connectivity index (χ4v) is 7.27. The van der Waals surface area contributed by atoms with Crippen LogP contribution in [0.15, 0.2) is 95.4 Å². The highest BCUT2D eigenvalue weighted by molar-refractivity contribution is 6.08. The van der Waals surface area contributed by atoms with Gasteiger partial charge in [0.25, 0.3) is 0 Å². The molecule has 1 aliphatic carbocycles. The number of hydrogen-bond acceptors (Lipinski definition) is 11. The molecule has 0 spiro atoms. The van der Waals surface area contributed by atoms with Crippen molar-refractivity contribution in [2.75, 3.05) is 82.3 Å². The second kappa shape index (κ2) is 19.3. The standard InChI is InChI=1S/C46H43FN4O13/c1-48(2)28-10-11-33-39(19-28)64-40-21-36(49(3)4)34(20-35(40)45(33)31-7-5-6-8-32(31)46(60)61)26-9-12-38(37(15-26)51(24-43(56)57)25-44(58)59)63-14-13-62-30-17-27(47)16-29(18-30)50(22-41(52)53)23-42(54)55/h5-12,15-21H,13-14,22-25H2,1-4H3,(H4-,52,53,54,55,56,57,58,59,60,61)/p+1. The number of fused-ring (bicyclic) bond motifs is 2. The van der Waals surface area contributed by atoms with Crippen molar-refractivity contribution in [2.45, 2.75) is 0 Å². The van der Waals surface area contributed by atoms with Gasteiger partial charge in [0.2, 0.25) is 5.36 Å². The minimum Gasteiger partial charge on any atom is -0.490 e. The number of aliphatic carboxylic acids is 4. The lowest BCUT2D eigenvalue weighted by atomic mass is 9.88. The van der Waals surface area contributed by atoms with Gasteiger partial charge >= 0.3 is 29.8 Å². The topological polar surface area (TPSA) is 231 Å². The molecule has 6 rings (SSSR count). The molecule has 0 fully saturated rings. The molecule has 2 aliphatic rings. The first-order valence-corrected chi connectivity index (χ1v) is 19.5. The van der Waals surface area contributed by atoms with Crippen LogP contribution < -0.4 is 34.1 Å². The predicted octanol–water partition coefficient (Wildman–Crippen LogP) is 5.22. The maximum atomic E-state index is 14.6. The van der Waals surface area contributed by atoms with Crippen molar-refractivity contribution < 1.29 is 67.8 Å². The van der Waals surface area contributed by atoms with Crippen molar-refractivity contribution in [3.05, 3.63) is 108 Å². The number of anilines is 3. The van der Waals surface area contributed by atoms with Gasteiger partial charge in [0, 0.05) is 60.2 Å². The molecule has 1 aliphatic heterocycles. The van der Waals surface area contributed by atoms with Crippen LogP contribution in [-0.4, -0.2) is 123 Å². The molecule has 5 N–H and O–H groups in total. The van der Waals surface area contributed by atoms with Crippen molar-refractivity contribution in [3.8, 4) is 45.1 Å². The molecule has 4 aromatic carbocycles. The van der Waals surface area contributed by atoms with Crippen LogP contribution >= 0.6 is 0 Å². The largest absolute Gasteiger partial charge is 0.490 e. The van der Waals surface area contributed by atoms with Crippen LogP contribution in [0.1, 0.15) is 10.4 Å². The molecular formula is C46H44FN4O13+. The van der Waals surface area contributed by atoms with Crippen LogP contribution in [0.3, 0.4) is 0 Å². The van der Waals surface area contributed by atoms with Crippen LogP contribution in [0, 0.1) is 5.82 Å². The number of hydrogen-bond donors (Lipinski definition) is 5. The Morgan fingerprint density at radius 1 is 0.656 bits per heavy atom. The van der Waals surface area contributed by atoms with Crippen molar-refractivity contribution in [1.29, 1.82) is 0 Å². The molecule has 4 aromatic rings. The van der Waals surface area contributed by atoms with E-state index in [0.717, 1.165) is 27.6 Å². The zero-order valence-corrected chi connectivity index (χ0v) is 35.1. The van der Waals surface area contributed by atoms with E-state index in [1.165, 1.54) is 18.2 Å². The first-order valence-electron chi connectivity index (χ1n) is 19.5. The number of carboxylic acid groups (broad SMARTS) is 5. The number of ether oxygens (including phenoxy) is 2. The van der Waals surface area contributed by atoms with Crippen molar-refractivity contribution in [3.63, 3.8) is 0 Å². The molecule has 0 radical (unpaired) electrons. The number of rotatable bonds is 19. The molecule has 0 unspecified atom stereocenters. The normalized spacial score (nSPS) is 11.0. The Balaban J connectivity index is 1.46. The van der Waals surface area contributed by atoms with Gasteiger partial charge in [-0.15, -0.1) is 0 Å². The Hall–Kier alpha value is -8.15. The second-order valence-electron chi connectivity index (χ2n) is 15.0. The van der Waals surface area contributed by atoms with E-state index in [2.05, 4.69) is 0 Å². The van der Waals surface area contributed by atoms with Gasteiger partial charge in [-0.05, 0) is 53.6 Å². The summed E-state index contributed by atoms with van der Waals surface area (Å²) in [5.41, 5.74) is 4.14. The molecule has 64 heavy (non-hydrogen) atoms. The molecule has 0 atom stereocenters. The van der Waals surface area contributed by atoms with E-state index >= 15 is 0 Å². The molecule has 0 amide bonds. The van der Waals surface area contributed by atoms with Crippen LogP contribution in [0.4, 0.5) is 21.5 Å². The quantitative estimate of drug-likeness (QED) is 0.0399. The third-order valence-corrected chi connectivity index (χ3v) is 9.99. The third-order valence-electron chi connectivity index (χ3n) is 9.99. The molecule has 18 heteroatoms. The van der Waals surface area contributed by atoms with E-state index in [1.54, 1.807) is 30.3 Å². The Morgan fingerprint density at radius 3 is 1.92 bits per heavy atom. The monoisotopic (exact) mass is 879 g/mol. The third kappa shape index (κ3) is 10.5. The van der Waals surface area contributed by atoms with Crippen LogP contribution in [0.25, 0.3) is 44.5 Å². The van der Waals surface area contributed by atoms with E-state index in [0.29, 0.717) is 49.9 Å². The molecule has 0 saturated carbocycles. The minimum absolute atomic E-state index is 0.0547. The summed E-state index contributed by atoms with van der Waals surface area (Å²) in [6, 6.07) is 24.0. The predicted molar refractivity (Wildman–Crippen MR) is 234 cm³/mol. The van der Waals surface area contributed by atoms with Gasteiger partial charge in [0.1, 0.15) is 82.1 Å². The van der Waals surface area contributed by atoms with Crippen LogP contribution in [-0.2, 0) is 19.2 Å². The average molecular weight is 880 g/mol. The fourth-order valence-electron chi connectivity index (χ4n) is 7.27. The summed E-state index contributed by atoms with van der Waals surface area (Å²) in [7, 11) is 7.41. The maximum Gasteiger partial charge on any atom is 0.336 e. The van der Waals surface area contributed by atoms with Crippen molar-refractivity contribution in [2.24, 2.45) is 0 Å². The number of carbonyl (C=O) groups is 5. The Morgan fingerprint density at radius 2 is 1.30 bits per heavy atom. The molecule has 332 valence electrons. The van der Waals surface area contributed by atoms with E-state index in [1.807, 2.05) is 68.0 Å². The first kappa shape index (κ1) is 45.4. The lowest BCUT2D eigenvalue weighted by Gasteiger charge is -2.25. The van der Waals surface area contributed by atoms with E-state index in [-0.39, 0.29) is 41.7 Å². The smallest absolute Gasteiger partial charge is 0.336 e. The minimum atomic E-state index is -1.34. The Kier molecular flexibility index (Phi) is 13.7. The van der Waals surface area contributed by atoms with Crippen LogP contribution in [0.2, 0.25) is 0 Å². The van der Waals surface area contributed by atoms with Gasteiger partial charge in [-0.1, -0.05) is 24.3 Å². The highest BCUT2D eigenvalue weighted by Gasteiger charge is 2.26. The Labute approximate surface area is 364 Å². The summed E-state index contributed by atoms with van der Waals surface area (Å²) in [5, 5.41) is 49.9. The highest BCUT2D eigenvalue weighted by Crippen LogP contribution is 2.44. The molecular weight excluding hydrogens is 836 g/mol. The highest BCUT2D eigenvalue weighted by atomic mass is 19.1. The van der Waals surface area contributed by atoms with Gasteiger partial charge in [0.05, 0.1) is 22.9 Å². The number of carboxylic acids is 5. The zero-order chi connectivity index (χ0) is 46.4. The van der Waals surface area contributed by atoms with E-state index in [4.69, 9.17) is 13.9 Å². The second-order valence-corrected chi connectivity index (χ2v) is 15.0. The number of nitrogens with zero attached hydrogens (tertiary/aromatic N) is 4. The summed E-state index contributed by atoms with van der Waals surface area (Å²) in [5.74, 6) is -6.83. The van der Waals surface area contributed by atoms with E-state index < -0.39 is 61.8 Å². The van der Waals surface area contributed by atoms with Gasteiger partial charge in [-0.2, -0.15) is 0 Å². The van der Waals surface area contributed by atoms with E-state index in [9.17, 15) is 53.9 Å². The van der Waals surface area contributed by atoms with Gasteiger partial charge < -0.3 is 54.1 Å². The number of halogens is 1. The van der Waals surface area contributed by atoms with Crippen molar-refractivity contribution >= 4 is 57.9 Å². The Bertz CT molecular complexity index is 2800. The first-order chi connectivity index (χ1) is 30.4. The summed E-state index contributed by atoms with van der Waals surface area (Å²) >= 11 is 0. The van der Waals surface area contributed by atoms with Gasteiger partial charge in [-0.3, -0.25) is 19.2 Å². The summed E-state index contributed by atoms with van der Waals surface area (Å²) < 4.78 is 34.8. The van der Waals surface area contributed by atoms with Crippen LogP contribution in [0.5, 0.6) is 11.5 Å². The molecule has 0 saturated heterocycles. The average Bonchev–Trinajstić information content (AvgIpc) is 3.22. The summed E-state index contributed by atoms with van der Waals surface area (Å²) in [6.45, 7) is -3.37. The zero-order valence-electron chi connectivity index (χ0n) is 35.1. The fraction of sp³-hybridized carbons (Fsp3) is 0.217. The lowest BCUT2D eigenvalue weighted by molar-refractivity contribution is -0.138. The summed E-state index contributed by atoms with van der Waals surface area (Å²) in [6.07, 6.45) is 0. The molecule has 17 nitrogen and oxygen atoms in total. The van der Waals surface area contributed by atoms with Gasteiger partial charge in [0.15, 0.2) is 0 Å². The molecule has 0 aromatic heterocycles. The van der Waals surface area contributed by atoms with Gasteiger partial charge in [-0.25, -0.2) is 13.8 Å². The number of aromatic carboxylic acids is 1. The van der Waals surface area contributed by atoms with Crippen molar-refractivity contribution in [1.82, 2.24) is 4.58 Å². The molecule has 1 heterocycles. The molecule has 0 bridgehead atoms. The lowest BCUT2D eigenvalue weighted by Crippen LogP contribution is -2.35.